The second-order valence-corrected chi connectivity index (χ2v) is 8.98. The van der Waals surface area contributed by atoms with Gasteiger partial charge in [-0.25, -0.2) is 4.79 Å². The lowest BCUT2D eigenvalue weighted by Crippen LogP contribution is -2.55. The second kappa shape index (κ2) is 10.3. The first-order valence-corrected chi connectivity index (χ1v) is 11.7. The zero-order chi connectivity index (χ0) is 24.2. The predicted molar refractivity (Wildman–Crippen MR) is 125 cm³/mol. The number of hydrogen-bond donors (Lipinski definition) is 3. The van der Waals surface area contributed by atoms with Crippen molar-refractivity contribution in [3.05, 3.63) is 59.7 Å². The van der Waals surface area contributed by atoms with Crippen LogP contribution in [-0.4, -0.2) is 64.9 Å². The number of carbonyl (C=O) groups excluding carboxylic acids is 2. The molecule has 1 heterocycles. The molecule has 2 aliphatic rings. The van der Waals surface area contributed by atoms with Crippen molar-refractivity contribution in [1.82, 2.24) is 10.2 Å². The number of carbonyl (C=O) groups is 3. The lowest BCUT2D eigenvalue weighted by atomic mass is 9.95. The van der Waals surface area contributed by atoms with Crippen molar-refractivity contribution in [2.45, 2.75) is 44.2 Å². The molecule has 1 fully saturated rings. The molecule has 8 nitrogen and oxygen atoms in total. The normalized spacial score (nSPS) is 20.2. The third-order valence-corrected chi connectivity index (χ3v) is 6.60. The highest BCUT2D eigenvalue weighted by molar-refractivity contribution is 5.86. The molecule has 1 aliphatic carbocycles. The number of aliphatic carboxylic acids is 1. The number of likely N-dealkylation sites (tertiary alicyclic amines) is 1. The second-order valence-electron chi connectivity index (χ2n) is 8.98. The average molecular weight is 467 g/mol. The van der Waals surface area contributed by atoms with E-state index in [4.69, 9.17) is 4.74 Å². The van der Waals surface area contributed by atoms with E-state index in [2.05, 4.69) is 17.4 Å². The molecule has 4 rings (SSSR count). The summed E-state index contributed by atoms with van der Waals surface area (Å²) in [5.41, 5.74) is 4.45. The zero-order valence-electron chi connectivity index (χ0n) is 19.1. The zero-order valence-corrected chi connectivity index (χ0v) is 19.1. The molecule has 0 bridgehead atoms. The molecular weight excluding hydrogens is 436 g/mol. The first-order valence-electron chi connectivity index (χ1n) is 11.7. The van der Waals surface area contributed by atoms with Gasteiger partial charge in [-0.3, -0.25) is 9.59 Å². The van der Waals surface area contributed by atoms with E-state index in [-0.39, 0.29) is 32.0 Å². The predicted octanol–water partition coefficient (Wildman–Crippen LogP) is 2.99. The van der Waals surface area contributed by atoms with Crippen molar-refractivity contribution >= 4 is 18.0 Å². The number of nitrogens with zero attached hydrogens (tertiary/aromatic N) is 1. The van der Waals surface area contributed by atoms with Gasteiger partial charge in [0.25, 0.3) is 0 Å². The Morgan fingerprint density at radius 2 is 1.68 bits per heavy atom. The Bertz CT molecular complexity index is 1030. The van der Waals surface area contributed by atoms with Gasteiger partial charge in [0.1, 0.15) is 12.6 Å². The fraction of sp³-hybridized carbons (Fsp3) is 0.423. The van der Waals surface area contributed by atoms with Gasteiger partial charge in [0.15, 0.2) is 0 Å². The van der Waals surface area contributed by atoms with Crippen LogP contribution in [0.25, 0.3) is 11.1 Å². The van der Waals surface area contributed by atoms with Gasteiger partial charge in [0, 0.05) is 19.0 Å². The molecule has 34 heavy (non-hydrogen) atoms. The van der Waals surface area contributed by atoms with Crippen LogP contribution < -0.4 is 5.32 Å². The van der Waals surface area contributed by atoms with E-state index in [9.17, 15) is 24.6 Å². The summed E-state index contributed by atoms with van der Waals surface area (Å²) in [6, 6.07) is 15.2. The Kier molecular flexibility index (Phi) is 7.17. The van der Waals surface area contributed by atoms with E-state index in [1.165, 1.54) is 4.90 Å². The van der Waals surface area contributed by atoms with Crippen LogP contribution in [0.15, 0.2) is 48.5 Å². The molecule has 1 saturated heterocycles. The third-order valence-electron chi connectivity index (χ3n) is 6.60. The third kappa shape index (κ3) is 4.92. The molecule has 2 aromatic carbocycles. The minimum absolute atomic E-state index is 0.0117. The van der Waals surface area contributed by atoms with Crippen LogP contribution in [0, 0.1) is 5.92 Å². The minimum atomic E-state index is -1.05. The summed E-state index contributed by atoms with van der Waals surface area (Å²) >= 11 is 0. The van der Waals surface area contributed by atoms with Gasteiger partial charge in [-0.1, -0.05) is 61.9 Å². The summed E-state index contributed by atoms with van der Waals surface area (Å²) in [5, 5.41) is 22.0. The van der Waals surface area contributed by atoms with Crippen molar-refractivity contribution in [3.63, 3.8) is 0 Å². The number of ether oxygens (including phenoxy) is 1. The summed E-state index contributed by atoms with van der Waals surface area (Å²) in [4.78, 5) is 38.5. The largest absolute Gasteiger partial charge is 0.481 e. The summed E-state index contributed by atoms with van der Waals surface area (Å²) in [7, 11) is 0. The number of β-amino-alcohol motifs (C(OH)–C–C–N with tert-alkyl or cyclic N) is 1. The Labute approximate surface area is 198 Å². The maximum atomic E-state index is 13.1. The number of alkyl carbamates (subject to hydrolysis) is 1. The summed E-state index contributed by atoms with van der Waals surface area (Å²) < 4.78 is 5.57. The summed E-state index contributed by atoms with van der Waals surface area (Å²) in [6.07, 6.45) is -0.472. The van der Waals surface area contributed by atoms with Crippen molar-refractivity contribution in [2.75, 3.05) is 19.7 Å². The van der Waals surface area contributed by atoms with Gasteiger partial charge in [0.2, 0.25) is 5.91 Å². The van der Waals surface area contributed by atoms with E-state index in [0.29, 0.717) is 12.8 Å². The maximum absolute atomic E-state index is 13.1. The van der Waals surface area contributed by atoms with E-state index in [1.54, 1.807) is 0 Å². The molecule has 3 atom stereocenters. The smallest absolute Gasteiger partial charge is 0.407 e. The first-order chi connectivity index (χ1) is 16.4. The number of carboxylic acid groups (broad SMARTS) is 1. The van der Waals surface area contributed by atoms with Gasteiger partial charge in [-0.15, -0.1) is 0 Å². The van der Waals surface area contributed by atoms with Crippen LogP contribution in [0.2, 0.25) is 0 Å². The summed E-state index contributed by atoms with van der Waals surface area (Å²) in [6.45, 7) is 2.09. The molecule has 0 saturated carbocycles. The molecule has 3 unspecified atom stereocenters. The van der Waals surface area contributed by atoms with Crippen molar-refractivity contribution in [1.29, 1.82) is 0 Å². The Hall–Kier alpha value is -3.39. The van der Waals surface area contributed by atoms with E-state index in [1.807, 2.05) is 43.3 Å². The lowest BCUT2D eigenvalue weighted by Gasteiger charge is -2.36. The van der Waals surface area contributed by atoms with Crippen molar-refractivity contribution in [2.24, 2.45) is 5.92 Å². The van der Waals surface area contributed by atoms with Crippen LogP contribution in [0.1, 0.15) is 43.2 Å². The standard InChI is InChI=1S/C26H30N2O6/c1-2-7-23(24(30)28-13-16(25(31)32)12-17(29)14-28)27-26(33)34-15-22-20-10-5-3-8-18(20)19-9-4-6-11-21(19)22/h3-6,8-11,16-17,22-23,29H,2,7,12-15H2,1H3,(H,27,33)(H,31,32). The molecule has 2 aromatic rings. The molecule has 2 amide bonds. The van der Waals surface area contributed by atoms with E-state index < -0.39 is 36.0 Å². The van der Waals surface area contributed by atoms with Gasteiger partial charge < -0.3 is 25.2 Å². The Morgan fingerprint density at radius 3 is 2.26 bits per heavy atom. The molecular formula is C26H30N2O6. The molecule has 0 spiro atoms. The topological polar surface area (TPSA) is 116 Å². The average Bonchev–Trinajstić information content (AvgIpc) is 3.15. The monoisotopic (exact) mass is 466 g/mol. The van der Waals surface area contributed by atoms with Crippen LogP contribution in [-0.2, 0) is 14.3 Å². The van der Waals surface area contributed by atoms with Gasteiger partial charge >= 0.3 is 12.1 Å². The molecule has 1 aliphatic heterocycles. The Balaban J connectivity index is 1.41. The number of aliphatic hydroxyl groups excluding tert-OH is 1. The van der Waals surface area contributed by atoms with Crippen LogP contribution >= 0.6 is 0 Å². The molecule has 3 N–H and O–H groups in total. The number of hydrogen-bond acceptors (Lipinski definition) is 5. The van der Waals surface area contributed by atoms with Gasteiger partial charge in [0.05, 0.1) is 12.0 Å². The number of aliphatic hydroxyl groups is 1. The Morgan fingerprint density at radius 1 is 1.06 bits per heavy atom. The molecule has 180 valence electrons. The quantitative estimate of drug-likeness (QED) is 0.578. The van der Waals surface area contributed by atoms with E-state index in [0.717, 1.165) is 22.3 Å². The van der Waals surface area contributed by atoms with Crippen molar-refractivity contribution in [3.8, 4) is 11.1 Å². The number of carboxylic acids is 1. The molecule has 0 aromatic heterocycles. The van der Waals surface area contributed by atoms with Gasteiger partial charge in [-0.05, 0) is 35.1 Å². The SMILES string of the molecule is CCCC(NC(=O)OCC1c2ccccc2-c2ccccc21)C(=O)N1CC(O)CC(C(=O)O)C1. The number of piperidine rings is 1. The number of benzene rings is 2. The highest BCUT2D eigenvalue weighted by Gasteiger charge is 2.36. The molecule has 8 heteroatoms. The number of nitrogens with one attached hydrogen (secondary N) is 1. The van der Waals surface area contributed by atoms with Crippen molar-refractivity contribution < 1.29 is 29.3 Å². The number of rotatable bonds is 7. The highest BCUT2D eigenvalue weighted by atomic mass is 16.5. The van der Waals surface area contributed by atoms with E-state index >= 15 is 0 Å². The fourth-order valence-corrected chi connectivity index (χ4v) is 4.98. The fourth-order valence-electron chi connectivity index (χ4n) is 4.98. The first kappa shape index (κ1) is 23.8. The van der Waals surface area contributed by atoms with Crippen LogP contribution in [0.4, 0.5) is 4.79 Å². The molecule has 0 radical (unpaired) electrons. The van der Waals surface area contributed by atoms with Crippen LogP contribution in [0.5, 0.6) is 0 Å². The van der Waals surface area contributed by atoms with Gasteiger partial charge in [-0.2, -0.15) is 0 Å². The number of fused-ring (bicyclic) bond motifs is 3. The lowest BCUT2D eigenvalue weighted by molar-refractivity contribution is -0.149. The summed E-state index contributed by atoms with van der Waals surface area (Å²) in [5.74, 6) is -2.37. The van der Waals surface area contributed by atoms with Crippen LogP contribution in [0.3, 0.4) is 0 Å². The minimum Gasteiger partial charge on any atom is -0.481 e. The maximum Gasteiger partial charge on any atom is 0.407 e. The highest BCUT2D eigenvalue weighted by Crippen LogP contribution is 2.44. The number of amides is 2.